The van der Waals surface area contributed by atoms with Gasteiger partial charge >= 0.3 is 0 Å². The Morgan fingerprint density at radius 1 is 0.857 bits per heavy atom. The standard InChI is InChI=1S/C21H17N3O4/c1-12-16(21(28)24(23(12)2)13-8-4-3-5-9-13)17-18(20(27)19(17)26)22-14-10-6-7-11-15(14)25/h3-11,22,25H,1-2H3. The summed E-state index contributed by atoms with van der Waals surface area (Å²) in [5.41, 5.74) is -0.102. The Morgan fingerprint density at radius 2 is 1.50 bits per heavy atom. The summed E-state index contributed by atoms with van der Waals surface area (Å²) in [4.78, 5) is 37.6. The van der Waals surface area contributed by atoms with Crippen LogP contribution in [0.3, 0.4) is 0 Å². The molecular weight excluding hydrogens is 358 g/mol. The van der Waals surface area contributed by atoms with Crippen LogP contribution in [-0.2, 0) is 7.05 Å². The van der Waals surface area contributed by atoms with Gasteiger partial charge in [0, 0.05) is 12.7 Å². The van der Waals surface area contributed by atoms with E-state index in [9.17, 15) is 19.5 Å². The predicted octanol–water partition coefficient (Wildman–Crippen LogP) is 2.20. The van der Waals surface area contributed by atoms with Crippen LogP contribution >= 0.6 is 0 Å². The van der Waals surface area contributed by atoms with Gasteiger partial charge in [0.1, 0.15) is 11.4 Å². The molecule has 1 heterocycles. The molecule has 4 aromatic rings. The first-order valence-electron chi connectivity index (χ1n) is 8.64. The molecule has 0 bridgehead atoms. The summed E-state index contributed by atoms with van der Waals surface area (Å²) < 4.78 is 3.10. The van der Waals surface area contributed by atoms with Gasteiger partial charge in [-0.2, -0.15) is 0 Å². The summed E-state index contributed by atoms with van der Waals surface area (Å²) in [5, 5.41) is 12.7. The zero-order chi connectivity index (χ0) is 20.0. The van der Waals surface area contributed by atoms with Crippen molar-refractivity contribution >= 4 is 11.4 Å². The molecule has 0 aliphatic rings. The normalized spacial score (nSPS) is 11.1. The van der Waals surface area contributed by atoms with E-state index in [1.54, 1.807) is 49.0 Å². The number of benzene rings is 2. The molecule has 0 amide bonds. The lowest BCUT2D eigenvalue weighted by Gasteiger charge is -2.13. The molecule has 140 valence electrons. The van der Waals surface area contributed by atoms with E-state index >= 15 is 0 Å². The third kappa shape index (κ3) is 2.48. The second kappa shape index (κ2) is 6.38. The van der Waals surface area contributed by atoms with E-state index < -0.39 is 16.4 Å². The number of para-hydroxylation sites is 3. The fraction of sp³-hybridized carbons (Fsp3) is 0.0952. The molecule has 1 aromatic heterocycles. The van der Waals surface area contributed by atoms with Gasteiger partial charge in [-0.05, 0) is 31.2 Å². The van der Waals surface area contributed by atoms with E-state index in [2.05, 4.69) is 5.32 Å². The molecule has 4 rings (SSSR count). The molecule has 2 N–H and O–H groups in total. The highest BCUT2D eigenvalue weighted by Crippen LogP contribution is 2.30. The van der Waals surface area contributed by atoms with Gasteiger partial charge in [-0.25, -0.2) is 4.68 Å². The minimum Gasteiger partial charge on any atom is -0.506 e. The molecule has 0 radical (unpaired) electrons. The van der Waals surface area contributed by atoms with Crippen molar-refractivity contribution in [1.82, 2.24) is 9.36 Å². The number of hydrogen-bond acceptors (Lipinski definition) is 5. The van der Waals surface area contributed by atoms with Crippen molar-refractivity contribution in [2.75, 3.05) is 5.32 Å². The van der Waals surface area contributed by atoms with Crippen LogP contribution in [-0.4, -0.2) is 14.5 Å². The van der Waals surface area contributed by atoms with Crippen molar-refractivity contribution in [2.24, 2.45) is 7.05 Å². The summed E-state index contributed by atoms with van der Waals surface area (Å²) in [6.07, 6.45) is 0. The van der Waals surface area contributed by atoms with Crippen LogP contribution in [0.15, 0.2) is 69.0 Å². The zero-order valence-electron chi connectivity index (χ0n) is 15.3. The molecule has 0 atom stereocenters. The molecule has 0 unspecified atom stereocenters. The second-order valence-electron chi connectivity index (χ2n) is 6.49. The first kappa shape index (κ1) is 17.5. The highest BCUT2D eigenvalue weighted by Gasteiger charge is 2.29. The SMILES string of the molecule is Cc1c(-c2c(Nc3ccccc3O)c(=O)c2=O)c(=O)n(-c2ccccc2)n1C. The molecule has 3 aromatic carbocycles. The quantitative estimate of drug-likeness (QED) is 0.421. The minimum atomic E-state index is -0.719. The fourth-order valence-corrected chi connectivity index (χ4v) is 3.32. The van der Waals surface area contributed by atoms with Crippen LogP contribution in [0.4, 0.5) is 11.4 Å². The van der Waals surface area contributed by atoms with Crippen LogP contribution in [0.25, 0.3) is 16.8 Å². The Kier molecular flexibility index (Phi) is 4.00. The average Bonchev–Trinajstić information content (AvgIpc) is 2.92. The molecule has 0 spiro atoms. The van der Waals surface area contributed by atoms with Gasteiger partial charge in [-0.15, -0.1) is 0 Å². The van der Waals surface area contributed by atoms with Gasteiger partial charge in [0.05, 0.1) is 22.5 Å². The van der Waals surface area contributed by atoms with Crippen LogP contribution in [0.1, 0.15) is 5.69 Å². The maximum atomic E-state index is 13.1. The number of aromatic nitrogens is 2. The van der Waals surface area contributed by atoms with Crippen molar-refractivity contribution in [3.8, 4) is 22.6 Å². The number of nitrogens with one attached hydrogen (secondary N) is 1. The summed E-state index contributed by atoms with van der Waals surface area (Å²) in [5.74, 6) is -0.0621. The molecule has 28 heavy (non-hydrogen) atoms. The third-order valence-electron chi connectivity index (χ3n) is 4.88. The Balaban J connectivity index is 1.90. The predicted molar refractivity (Wildman–Crippen MR) is 107 cm³/mol. The van der Waals surface area contributed by atoms with Crippen LogP contribution in [0.5, 0.6) is 5.75 Å². The molecule has 0 fully saturated rings. The fourth-order valence-electron chi connectivity index (χ4n) is 3.32. The van der Waals surface area contributed by atoms with Crippen molar-refractivity contribution in [1.29, 1.82) is 0 Å². The van der Waals surface area contributed by atoms with Crippen LogP contribution in [0, 0.1) is 6.92 Å². The lowest BCUT2D eigenvalue weighted by atomic mass is 9.98. The van der Waals surface area contributed by atoms with Crippen LogP contribution < -0.4 is 21.7 Å². The summed E-state index contributed by atoms with van der Waals surface area (Å²) in [6, 6.07) is 15.4. The lowest BCUT2D eigenvalue weighted by molar-refractivity contribution is 0.478. The van der Waals surface area contributed by atoms with Crippen molar-refractivity contribution < 1.29 is 5.11 Å². The van der Waals surface area contributed by atoms with Gasteiger partial charge in [-0.1, -0.05) is 30.3 Å². The first-order chi connectivity index (χ1) is 13.4. The van der Waals surface area contributed by atoms with E-state index in [-0.39, 0.29) is 28.3 Å². The summed E-state index contributed by atoms with van der Waals surface area (Å²) in [7, 11) is 1.72. The Morgan fingerprint density at radius 3 is 2.18 bits per heavy atom. The second-order valence-corrected chi connectivity index (χ2v) is 6.49. The van der Waals surface area contributed by atoms with Gasteiger partial charge in [0.25, 0.3) is 11.0 Å². The molecule has 0 aliphatic heterocycles. The molecular formula is C21H17N3O4. The van der Waals surface area contributed by atoms with Gasteiger partial charge in [-0.3, -0.25) is 19.1 Å². The van der Waals surface area contributed by atoms with Crippen molar-refractivity contribution in [3.63, 3.8) is 0 Å². The maximum Gasteiger partial charge on any atom is 0.279 e. The minimum absolute atomic E-state index is 0.0116. The average molecular weight is 375 g/mol. The first-order valence-corrected chi connectivity index (χ1v) is 8.64. The molecule has 0 saturated heterocycles. The van der Waals surface area contributed by atoms with E-state index in [4.69, 9.17) is 0 Å². The van der Waals surface area contributed by atoms with Gasteiger partial charge in [0.2, 0.25) is 5.43 Å². The van der Waals surface area contributed by atoms with Crippen molar-refractivity contribution in [2.45, 2.75) is 6.92 Å². The van der Waals surface area contributed by atoms with E-state index in [1.807, 2.05) is 18.2 Å². The Hall–Kier alpha value is -3.87. The Labute approximate surface area is 159 Å². The van der Waals surface area contributed by atoms with Crippen LogP contribution in [0.2, 0.25) is 0 Å². The van der Waals surface area contributed by atoms with E-state index in [1.165, 1.54) is 10.7 Å². The topological polar surface area (TPSA) is 93.3 Å². The van der Waals surface area contributed by atoms with Crippen molar-refractivity contribution in [3.05, 3.63) is 91.1 Å². The summed E-state index contributed by atoms with van der Waals surface area (Å²) >= 11 is 0. The van der Waals surface area contributed by atoms with E-state index in [0.717, 1.165) is 0 Å². The largest absolute Gasteiger partial charge is 0.506 e. The lowest BCUT2D eigenvalue weighted by Crippen LogP contribution is -2.37. The maximum absolute atomic E-state index is 13.1. The number of hydrogen-bond donors (Lipinski definition) is 2. The summed E-state index contributed by atoms with van der Waals surface area (Å²) in [6.45, 7) is 1.72. The monoisotopic (exact) mass is 375 g/mol. The number of rotatable bonds is 4. The smallest absolute Gasteiger partial charge is 0.279 e. The number of aromatic hydroxyl groups is 1. The molecule has 7 heteroatoms. The molecule has 0 aliphatic carbocycles. The molecule has 0 saturated carbocycles. The highest BCUT2D eigenvalue weighted by atomic mass is 16.3. The Bertz CT molecular complexity index is 1320. The van der Waals surface area contributed by atoms with Gasteiger partial charge in [0.15, 0.2) is 0 Å². The molecule has 7 nitrogen and oxygen atoms in total. The zero-order valence-corrected chi connectivity index (χ0v) is 15.3. The van der Waals surface area contributed by atoms with E-state index in [0.29, 0.717) is 11.4 Å². The number of phenols is 1. The van der Waals surface area contributed by atoms with Gasteiger partial charge < -0.3 is 10.4 Å². The number of phenolic OH excluding ortho intramolecular Hbond substituents is 1. The highest BCUT2D eigenvalue weighted by molar-refractivity contribution is 5.86. The number of nitrogens with zero attached hydrogens (tertiary/aromatic N) is 2. The number of anilines is 2. The third-order valence-corrected chi connectivity index (χ3v) is 4.88.